The number of nitrogens with zero attached hydrogens (tertiary/aromatic N) is 3. The summed E-state index contributed by atoms with van der Waals surface area (Å²) >= 11 is 6.03. The van der Waals surface area contributed by atoms with Crippen LogP contribution < -0.4 is 10.5 Å². The Kier molecular flexibility index (Phi) is 4.09. The predicted molar refractivity (Wildman–Crippen MR) is 77.7 cm³/mol. The lowest BCUT2D eigenvalue weighted by Gasteiger charge is -2.20. The number of aryl methyl sites for hydroxylation is 2. The van der Waals surface area contributed by atoms with Crippen LogP contribution in [-0.2, 0) is 13.6 Å². The number of hydrogen-bond acceptors (Lipinski definition) is 3. The van der Waals surface area contributed by atoms with E-state index in [-0.39, 0.29) is 16.4 Å². The fourth-order valence-corrected chi connectivity index (χ4v) is 2.18. The maximum atomic E-state index is 13.5. The molecular formula is C14H15ClFN3O. The van der Waals surface area contributed by atoms with E-state index in [0.29, 0.717) is 17.8 Å². The largest absolute Gasteiger partial charge is 0.368 e. The Hall–Kier alpha value is -1.88. The van der Waals surface area contributed by atoms with Gasteiger partial charge in [0.15, 0.2) is 0 Å². The van der Waals surface area contributed by atoms with Crippen LogP contribution in [0.4, 0.5) is 10.1 Å². The van der Waals surface area contributed by atoms with Crippen molar-refractivity contribution >= 4 is 17.3 Å². The van der Waals surface area contributed by atoms with Crippen LogP contribution in [0.3, 0.4) is 0 Å². The number of aromatic nitrogens is 2. The van der Waals surface area contributed by atoms with Crippen molar-refractivity contribution in [2.75, 3.05) is 11.9 Å². The van der Waals surface area contributed by atoms with Crippen molar-refractivity contribution in [3.63, 3.8) is 0 Å². The number of halogens is 2. The molecule has 0 spiro atoms. The SMILES string of the molecule is Cc1ccc(CN(C)c2cnn(C)c(=O)c2Cl)cc1F. The average Bonchev–Trinajstić information content (AvgIpc) is 2.40. The quantitative estimate of drug-likeness (QED) is 0.873. The zero-order valence-corrected chi connectivity index (χ0v) is 12.3. The Labute approximate surface area is 121 Å². The van der Waals surface area contributed by atoms with Gasteiger partial charge in [-0.3, -0.25) is 4.79 Å². The summed E-state index contributed by atoms with van der Waals surface area (Å²) in [4.78, 5) is 13.5. The van der Waals surface area contributed by atoms with Crippen molar-refractivity contribution in [3.05, 3.63) is 56.7 Å². The summed E-state index contributed by atoms with van der Waals surface area (Å²) in [5.41, 5.74) is 1.57. The van der Waals surface area contributed by atoms with E-state index in [1.165, 1.54) is 24.0 Å². The Morgan fingerprint density at radius 2 is 2.15 bits per heavy atom. The van der Waals surface area contributed by atoms with Crippen LogP contribution in [0.1, 0.15) is 11.1 Å². The summed E-state index contributed by atoms with van der Waals surface area (Å²) in [5.74, 6) is -0.246. The van der Waals surface area contributed by atoms with Gasteiger partial charge in [-0.1, -0.05) is 23.7 Å². The van der Waals surface area contributed by atoms with E-state index in [4.69, 9.17) is 11.6 Å². The Balaban J connectivity index is 2.28. The summed E-state index contributed by atoms with van der Waals surface area (Å²) in [6.07, 6.45) is 1.52. The fraction of sp³-hybridized carbons (Fsp3) is 0.286. The second kappa shape index (κ2) is 5.63. The molecule has 0 amide bonds. The van der Waals surface area contributed by atoms with Gasteiger partial charge in [-0.25, -0.2) is 9.07 Å². The highest BCUT2D eigenvalue weighted by Crippen LogP contribution is 2.21. The first-order valence-corrected chi connectivity index (χ1v) is 6.46. The maximum Gasteiger partial charge on any atom is 0.287 e. The van der Waals surface area contributed by atoms with Gasteiger partial charge in [0.05, 0.1) is 11.9 Å². The molecule has 2 rings (SSSR count). The van der Waals surface area contributed by atoms with Crippen molar-refractivity contribution in [1.29, 1.82) is 0 Å². The minimum Gasteiger partial charge on any atom is -0.368 e. The van der Waals surface area contributed by atoms with Crippen LogP contribution >= 0.6 is 11.6 Å². The molecule has 2 aromatic rings. The molecule has 106 valence electrons. The lowest BCUT2D eigenvalue weighted by atomic mass is 10.1. The highest BCUT2D eigenvalue weighted by atomic mass is 35.5. The van der Waals surface area contributed by atoms with Gasteiger partial charge in [0.25, 0.3) is 5.56 Å². The number of rotatable bonds is 3. The van der Waals surface area contributed by atoms with Crippen molar-refractivity contribution in [3.8, 4) is 0 Å². The molecule has 4 nitrogen and oxygen atoms in total. The highest BCUT2D eigenvalue weighted by Gasteiger charge is 2.12. The minimum atomic E-state index is -0.355. The molecule has 0 aliphatic rings. The van der Waals surface area contributed by atoms with Gasteiger partial charge in [0.2, 0.25) is 0 Å². The molecule has 0 N–H and O–H groups in total. The van der Waals surface area contributed by atoms with Crippen LogP contribution in [0.2, 0.25) is 5.02 Å². The molecule has 0 atom stereocenters. The maximum absolute atomic E-state index is 13.5. The third kappa shape index (κ3) is 2.82. The number of benzene rings is 1. The Bertz CT molecular complexity index is 699. The molecule has 0 radical (unpaired) electrons. The normalized spacial score (nSPS) is 10.7. The van der Waals surface area contributed by atoms with E-state index in [1.54, 1.807) is 24.9 Å². The van der Waals surface area contributed by atoms with Gasteiger partial charge < -0.3 is 4.90 Å². The molecule has 0 saturated heterocycles. The lowest BCUT2D eigenvalue weighted by Crippen LogP contribution is -2.25. The van der Waals surface area contributed by atoms with Crippen molar-refractivity contribution in [2.24, 2.45) is 7.05 Å². The summed E-state index contributed by atoms with van der Waals surface area (Å²) < 4.78 is 14.7. The molecule has 0 unspecified atom stereocenters. The minimum absolute atomic E-state index is 0.109. The molecule has 1 aromatic heterocycles. The molecule has 20 heavy (non-hydrogen) atoms. The number of anilines is 1. The van der Waals surface area contributed by atoms with E-state index >= 15 is 0 Å². The van der Waals surface area contributed by atoms with Crippen LogP contribution in [0, 0.1) is 12.7 Å². The van der Waals surface area contributed by atoms with Crippen LogP contribution in [-0.4, -0.2) is 16.8 Å². The monoisotopic (exact) mass is 295 g/mol. The molecule has 0 aliphatic heterocycles. The van der Waals surface area contributed by atoms with Gasteiger partial charge in [-0.2, -0.15) is 5.10 Å². The average molecular weight is 296 g/mol. The van der Waals surface area contributed by atoms with E-state index in [1.807, 2.05) is 6.07 Å². The summed E-state index contributed by atoms with van der Waals surface area (Å²) in [5, 5.41) is 4.05. The van der Waals surface area contributed by atoms with Crippen LogP contribution in [0.15, 0.2) is 29.2 Å². The molecule has 0 aliphatic carbocycles. The molecule has 6 heteroatoms. The smallest absolute Gasteiger partial charge is 0.287 e. The summed E-state index contributed by atoms with van der Waals surface area (Å²) in [6, 6.07) is 5.05. The van der Waals surface area contributed by atoms with Gasteiger partial charge in [-0.05, 0) is 24.1 Å². The van der Waals surface area contributed by atoms with E-state index in [0.717, 1.165) is 5.56 Å². The first kappa shape index (κ1) is 14.5. The highest BCUT2D eigenvalue weighted by molar-refractivity contribution is 6.32. The standard InChI is InChI=1S/C14H15ClFN3O/c1-9-4-5-10(6-11(9)16)8-18(2)12-7-17-19(3)14(20)13(12)15/h4-7H,8H2,1-3H3. The van der Waals surface area contributed by atoms with E-state index in [2.05, 4.69) is 5.10 Å². The molecule has 1 heterocycles. The second-order valence-electron chi connectivity index (χ2n) is 4.71. The summed E-state index contributed by atoms with van der Waals surface area (Å²) in [6.45, 7) is 2.15. The summed E-state index contributed by atoms with van der Waals surface area (Å²) in [7, 11) is 3.31. The molecule has 0 bridgehead atoms. The predicted octanol–water partition coefficient (Wildman–Crippen LogP) is 2.52. The zero-order valence-electron chi connectivity index (χ0n) is 11.5. The van der Waals surface area contributed by atoms with Crippen molar-refractivity contribution < 1.29 is 4.39 Å². The molecule has 1 aromatic carbocycles. The van der Waals surface area contributed by atoms with Crippen molar-refractivity contribution in [1.82, 2.24) is 9.78 Å². The van der Waals surface area contributed by atoms with Crippen LogP contribution in [0.5, 0.6) is 0 Å². The molecule has 0 saturated carbocycles. The van der Waals surface area contributed by atoms with Crippen LogP contribution in [0.25, 0.3) is 0 Å². The first-order chi connectivity index (χ1) is 9.40. The van der Waals surface area contributed by atoms with Gasteiger partial charge in [0, 0.05) is 20.6 Å². The van der Waals surface area contributed by atoms with Gasteiger partial charge in [0.1, 0.15) is 10.8 Å². The molecule has 0 fully saturated rings. The zero-order chi connectivity index (χ0) is 14.9. The van der Waals surface area contributed by atoms with E-state index < -0.39 is 0 Å². The van der Waals surface area contributed by atoms with Gasteiger partial charge >= 0.3 is 0 Å². The third-order valence-corrected chi connectivity index (χ3v) is 3.48. The topological polar surface area (TPSA) is 38.1 Å². The number of hydrogen-bond donors (Lipinski definition) is 0. The van der Waals surface area contributed by atoms with Crippen molar-refractivity contribution in [2.45, 2.75) is 13.5 Å². The van der Waals surface area contributed by atoms with Gasteiger partial charge in [-0.15, -0.1) is 0 Å². The lowest BCUT2D eigenvalue weighted by molar-refractivity contribution is 0.615. The fourth-order valence-electron chi connectivity index (χ4n) is 1.86. The Morgan fingerprint density at radius 3 is 2.80 bits per heavy atom. The third-order valence-electron chi connectivity index (χ3n) is 3.13. The second-order valence-corrected chi connectivity index (χ2v) is 5.09. The molecular weight excluding hydrogens is 281 g/mol. The Morgan fingerprint density at radius 1 is 1.45 bits per heavy atom. The first-order valence-electron chi connectivity index (χ1n) is 6.08. The van der Waals surface area contributed by atoms with E-state index in [9.17, 15) is 9.18 Å².